The molecule has 0 unspecified atom stereocenters. The van der Waals surface area contributed by atoms with Gasteiger partial charge >= 0.3 is 6.03 Å². The van der Waals surface area contributed by atoms with Crippen molar-refractivity contribution >= 4 is 17.8 Å². The third kappa shape index (κ3) is 3.20. The topological polar surface area (TPSA) is 96.3 Å². The summed E-state index contributed by atoms with van der Waals surface area (Å²) >= 11 is 0. The van der Waals surface area contributed by atoms with Gasteiger partial charge in [-0.1, -0.05) is 6.92 Å². The van der Waals surface area contributed by atoms with Crippen LogP contribution in [0.4, 0.5) is 4.79 Å². The molecule has 4 amide bonds. The summed E-state index contributed by atoms with van der Waals surface area (Å²) in [6.07, 6.45) is 3.75. The number of imide groups is 1. The molecule has 1 spiro atoms. The molecule has 0 atom stereocenters. The quantitative estimate of drug-likeness (QED) is 0.795. The maximum atomic E-state index is 12.7. The number of hydrogen-bond acceptors (Lipinski definition) is 4. The molecule has 0 aromatic carbocycles. The molecule has 1 aromatic heterocycles. The van der Waals surface area contributed by atoms with Crippen LogP contribution in [0.15, 0.2) is 0 Å². The summed E-state index contributed by atoms with van der Waals surface area (Å²) in [5, 5.41) is 8.00. The Balaban J connectivity index is 1.60. The summed E-state index contributed by atoms with van der Waals surface area (Å²) in [5.41, 5.74) is 4.57. The van der Waals surface area contributed by atoms with Crippen molar-refractivity contribution in [1.29, 1.82) is 0 Å². The molecule has 1 aromatic rings. The number of rotatable bonds is 4. The van der Waals surface area contributed by atoms with Crippen LogP contribution in [0.25, 0.3) is 0 Å². The summed E-state index contributed by atoms with van der Waals surface area (Å²) in [7, 11) is 1.86. The Hall–Kier alpha value is -2.38. The average molecular weight is 361 g/mol. The highest BCUT2D eigenvalue weighted by Gasteiger charge is 2.52. The van der Waals surface area contributed by atoms with Gasteiger partial charge in [-0.05, 0) is 57.4 Å². The number of nitrogens with zero attached hydrogens (tertiary/aromatic N) is 3. The van der Waals surface area contributed by atoms with Crippen LogP contribution in [-0.2, 0) is 23.1 Å². The van der Waals surface area contributed by atoms with E-state index in [1.807, 2.05) is 20.9 Å². The number of aromatic nitrogens is 2. The number of hydrazine groups is 1. The van der Waals surface area contributed by atoms with E-state index in [0.29, 0.717) is 25.2 Å². The van der Waals surface area contributed by atoms with Crippen molar-refractivity contribution in [1.82, 2.24) is 25.5 Å². The molecule has 2 heterocycles. The maximum absolute atomic E-state index is 12.7. The van der Waals surface area contributed by atoms with E-state index in [1.165, 1.54) is 0 Å². The summed E-state index contributed by atoms with van der Waals surface area (Å²) in [6.45, 7) is 6.01. The summed E-state index contributed by atoms with van der Waals surface area (Å²) in [5.74, 6) is -0.131. The molecule has 3 rings (SSSR count). The van der Waals surface area contributed by atoms with Crippen LogP contribution in [0.3, 0.4) is 0 Å². The van der Waals surface area contributed by atoms with Gasteiger partial charge in [0.25, 0.3) is 5.91 Å². The molecule has 1 saturated carbocycles. The Morgan fingerprint density at radius 3 is 2.54 bits per heavy atom. The Morgan fingerprint density at radius 2 is 1.96 bits per heavy atom. The lowest BCUT2D eigenvalue weighted by atomic mass is 9.77. The maximum Gasteiger partial charge on any atom is 0.344 e. The van der Waals surface area contributed by atoms with Crippen molar-refractivity contribution in [3.8, 4) is 0 Å². The van der Waals surface area contributed by atoms with Gasteiger partial charge in [0, 0.05) is 19.2 Å². The van der Waals surface area contributed by atoms with Crippen LogP contribution in [0.1, 0.15) is 56.0 Å². The number of hydrogen-bond donors (Lipinski definition) is 2. The highest BCUT2D eigenvalue weighted by molar-refractivity contribution is 6.08. The molecule has 8 nitrogen and oxygen atoms in total. The summed E-state index contributed by atoms with van der Waals surface area (Å²) < 4.78 is 1.79. The second-order valence-electron chi connectivity index (χ2n) is 7.64. The van der Waals surface area contributed by atoms with E-state index in [4.69, 9.17) is 0 Å². The van der Waals surface area contributed by atoms with Crippen molar-refractivity contribution in [2.24, 2.45) is 13.0 Å². The lowest BCUT2D eigenvalue weighted by molar-refractivity contribution is -0.140. The number of carbonyl (C=O) groups excluding carboxylic acids is 3. The van der Waals surface area contributed by atoms with Crippen LogP contribution in [-0.4, -0.2) is 38.2 Å². The van der Waals surface area contributed by atoms with Crippen LogP contribution in [0, 0.1) is 19.8 Å². The second-order valence-corrected chi connectivity index (χ2v) is 7.64. The van der Waals surface area contributed by atoms with E-state index in [-0.39, 0.29) is 18.2 Å². The first-order valence-corrected chi connectivity index (χ1v) is 9.19. The Morgan fingerprint density at radius 1 is 1.31 bits per heavy atom. The molecule has 0 radical (unpaired) electrons. The highest BCUT2D eigenvalue weighted by Crippen LogP contribution is 2.35. The molecule has 1 aliphatic heterocycles. The van der Waals surface area contributed by atoms with Crippen molar-refractivity contribution < 1.29 is 14.4 Å². The van der Waals surface area contributed by atoms with Gasteiger partial charge in [0.15, 0.2) is 0 Å². The molecule has 0 bridgehead atoms. The predicted octanol–water partition coefficient (Wildman–Crippen LogP) is 1.50. The smallest absolute Gasteiger partial charge is 0.322 e. The molecule has 1 aliphatic carbocycles. The van der Waals surface area contributed by atoms with Crippen molar-refractivity contribution in [2.45, 2.75) is 64.8 Å². The molecule has 2 aliphatic rings. The van der Waals surface area contributed by atoms with Crippen LogP contribution in [0.5, 0.6) is 0 Å². The van der Waals surface area contributed by atoms with Gasteiger partial charge in [0.1, 0.15) is 5.54 Å². The molecule has 8 heteroatoms. The van der Waals surface area contributed by atoms with Crippen LogP contribution in [0.2, 0.25) is 0 Å². The zero-order chi connectivity index (χ0) is 19.1. The van der Waals surface area contributed by atoms with Gasteiger partial charge in [-0.15, -0.1) is 0 Å². The molecule has 26 heavy (non-hydrogen) atoms. The van der Waals surface area contributed by atoms with E-state index in [0.717, 1.165) is 34.8 Å². The Labute approximate surface area is 153 Å². The van der Waals surface area contributed by atoms with Gasteiger partial charge in [0.05, 0.1) is 5.69 Å². The fourth-order valence-electron chi connectivity index (χ4n) is 3.91. The van der Waals surface area contributed by atoms with E-state index in [2.05, 4.69) is 22.8 Å². The summed E-state index contributed by atoms with van der Waals surface area (Å²) in [4.78, 5) is 37.3. The molecular formula is C18H27N5O3. The van der Waals surface area contributed by atoms with Gasteiger partial charge in [0.2, 0.25) is 5.91 Å². The van der Waals surface area contributed by atoms with Gasteiger partial charge in [-0.25, -0.2) is 4.79 Å². The average Bonchev–Trinajstić information content (AvgIpc) is 2.96. The fourth-order valence-corrected chi connectivity index (χ4v) is 3.91. The standard InChI is InChI=1S/C18H27N5O3/c1-11-7-9-18(10-8-11)16(25)23(17(26)19-18)21-15(24)6-5-14-12(2)20-22(4)13(14)3/h11H,5-10H2,1-4H3,(H,19,26)(H,21,24). The SMILES string of the molecule is Cc1nn(C)c(C)c1CCC(=O)NN1C(=O)NC2(CCC(C)CC2)C1=O. The predicted molar refractivity (Wildman–Crippen MR) is 94.9 cm³/mol. The van der Waals surface area contributed by atoms with Crippen molar-refractivity contribution in [2.75, 3.05) is 0 Å². The number of amides is 4. The lowest BCUT2D eigenvalue weighted by Crippen LogP contribution is -2.51. The Bertz CT molecular complexity index is 746. The zero-order valence-electron chi connectivity index (χ0n) is 15.9. The number of nitrogens with one attached hydrogen (secondary N) is 2. The van der Waals surface area contributed by atoms with E-state index in [9.17, 15) is 14.4 Å². The molecular weight excluding hydrogens is 334 g/mol. The minimum absolute atomic E-state index is 0.189. The van der Waals surface area contributed by atoms with Gasteiger partial charge in [-0.3, -0.25) is 19.7 Å². The first-order chi connectivity index (χ1) is 12.2. The number of aryl methyl sites for hydroxylation is 2. The Kier molecular flexibility index (Phi) is 4.77. The molecule has 1 saturated heterocycles. The van der Waals surface area contributed by atoms with Crippen molar-refractivity contribution in [3.05, 3.63) is 17.0 Å². The second kappa shape index (κ2) is 6.74. The minimum atomic E-state index is -0.840. The van der Waals surface area contributed by atoms with E-state index >= 15 is 0 Å². The van der Waals surface area contributed by atoms with E-state index in [1.54, 1.807) is 4.68 Å². The highest BCUT2D eigenvalue weighted by atomic mass is 16.2. The monoisotopic (exact) mass is 361 g/mol. The number of urea groups is 1. The molecule has 2 N–H and O–H groups in total. The van der Waals surface area contributed by atoms with E-state index < -0.39 is 11.6 Å². The normalized spacial score (nSPS) is 25.7. The van der Waals surface area contributed by atoms with Gasteiger partial charge < -0.3 is 5.32 Å². The third-order valence-electron chi connectivity index (χ3n) is 5.79. The van der Waals surface area contributed by atoms with Crippen LogP contribution < -0.4 is 10.7 Å². The summed E-state index contributed by atoms with van der Waals surface area (Å²) in [6, 6.07) is -0.536. The lowest BCUT2D eigenvalue weighted by Gasteiger charge is -2.33. The molecule has 2 fully saturated rings. The first kappa shape index (κ1) is 18.4. The minimum Gasteiger partial charge on any atom is -0.322 e. The third-order valence-corrected chi connectivity index (χ3v) is 5.79. The zero-order valence-corrected chi connectivity index (χ0v) is 15.9. The molecule has 142 valence electrons. The fraction of sp³-hybridized carbons (Fsp3) is 0.667. The van der Waals surface area contributed by atoms with Gasteiger partial charge in [-0.2, -0.15) is 10.1 Å². The first-order valence-electron chi connectivity index (χ1n) is 9.19. The van der Waals surface area contributed by atoms with Crippen molar-refractivity contribution in [3.63, 3.8) is 0 Å². The number of carbonyl (C=O) groups is 3. The largest absolute Gasteiger partial charge is 0.344 e. The van der Waals surface area contributed by atoms with Crippen LogP contribution >= 0.6 is 0 Å².